The van der Waals surface area contributed by atoms with Crippen LogP contribution in [0.1, 0.15) is 23.2 Å². The van der Waals surface area contributed by atoms with Gasteiger partial charge in [-0.25, -0.2) is 4.98 Å². The first-order valence-corrected chi connectivity index (χ1v) is 8.15. The molecule has 0 aliphatic carbocycles. The lowest BCUT2D eigenvalue weighted by Crippen LogP contribution is -2.50. The summed E-state index contributed by atoms with van der Waals surface area (Å²) in [5.74, 6) is 0.414. The Hall–Kier alpha value is -2.15. The number of nitrogens with zero attached hydrogens (tertiary/aromatic N) is 4. The second-order valence-electron chi connectivity index (χ2n) is 6.09. The van der Waals surface area contributed by atoms with Crippen LogP contribution in [0, 0.1) is 0 Å². The third-order valence-corrected chi connectivity index (χ3v) is 4.54. The van der Waals surface area contributed by atoms with E-state index in [-0.39, 0.29) is 5.91 Å². The van der Waals surface area contributed by atoms with Gasteiger partial charge in [0.15, 0.2) is 0 Å². The van der Waals surface area contributed by atoms with E-state index in [2.05, 4.69) is 14.8 Å². The summed E-state index contributed by atoms with van der Waals surface area (Å²) >= 11 is 0. The van der Waals surface area contributed by atoms with E-state index in [0.717, 1.165) is 52.1 Å². The summed E-state index contributed by atoms with van der Waals surface area (Å²) in [5, 5.41) is 0. The van der Waals surface area contributed by atoms with Gasteiger partial charge in [0.25, 0.3) is 5.91 Å². The van der Waals surface area contributed by atoms with Gasteiger partial charge < -0.3 is 15.5 Å². The molecule has 2 aliphatic rings. The minimum absolute atomic E-state index is 0.228. The first-order valence-electron chi connectivity index (χ1n) is 8.15. The van der Waals surface area contributed by atoms with E-state index < -0.39 is 5.91 Å². The average Bonchev–Trinajstić information content (AvgIpc) is 3.10. The van der Waals surface area contributed by atoms with Gasteiger partial charge in [0.05, 0.1) is 12.1 Å². The van der Waals surface area contributed by atoms with Crippen molar-refractivity contribution in [3.8, 4) is 0 Å². The number of hydrogen-bond acceptors (Lipinski definition) is 5. The Morgan fingerprint density at radius 3 is 2.43 bits per heavy atom. The van der Waals surface area contributed by atoms with E-state index in [1.54, 1.807) is 18.3 Å². The Balaban J connectivity index is 1.56. The third kappa shape index (κ3) is 3.61. The number of anilines is 1. The van der Waals surface area contributed by atoms with Crippen LogP contribution < -0.4 is 10.6 Å². The molecule has 0 saturated carbocycles. The molecule has 23 heavy (non-hydrogen) atoms. The van der Waals surface area contributed by atoms with Gasteiger partial charge in [-0.1, -0.05) is 0 Å². The van der Waals surface area contributed by atoms with Crippen LogP contribution in [-0.2, 0) is 4.79 Å². The number of rotatable bonds is 4. The van der Waals surface area contributed by atoms with Gasteiger partial charge in [-0.15, -0.1) is 0 Å². The molecule has 0 spiro atoms. The van der Waals surface area contributed by atoms with Crippen LogP contribution in [0.25, 0.3) is 0 Å². The van der Waals surface area contributed by atoms with E-state index in [4.69, 9.17) is 5.73 Å². The molecule has 2 N–H and O–H groups in total. The summed E-state index contributed by atoms with van der Waals surface area (Å²) in [5.41, 5.74) is 5.87. The van der Waals surface area contributed by atoms with Crippen molar-refractivity contribution in [1.29, 1.82) is 0 Å². The first kappa shape index (κ1) is 15.7. The van der Waals surface area contributed by atoms with Crippen molar-refractivity contribution < 1.29 is 9.59 Å². The maximum atomic E-state index is 12.2. The maximum Gasteiger partial charge on any atom is 0.252 e. The second kappa shape index (κ2) is 6.95. The molecule has 2 fully saturated rings. The quantitative estimate of drug-likeness (QED) is 0.840. The van der Waals surface area contributed by atoms with Gasteiger partial charge >= 0.3 is 0 Å². The number of piperazine rings is 1. The highest BCUT2D eigenvalue weighted by atomic mass is 16.2. The van der Waals surface area contributed by atoms with Crippen LogP contribution in [0.15, 0.2) is 18.3 Å². The number of likely N-dealkylation sites (tertiary alicyclic amines) is 1. The van der Waals surface area contributed by atoms with Crippen LogP contribution in [-0.4, -0.2) is 72.4 Å². The molecule has 1 aromatic rings. The summed E-state index contributed by atoms with van der Waals surface area (Å²) < 4.78 is 0. The van der Waals surface area contributed by atoms with Crippen molar-refractivity contribution in [2.75, 3.05) is 50.7 Å². The van der Waals surface area contributed by atoms with Crippen molar-refractivity contribution in [2.45, 2.75) is 12.8 Å². The molecule has 2 amide bonds. The van der Waals surface area contributed by atoms with Crippen LogP contribution in [0.5, 0.6) is 0 Å². The van der Waals surface area contributed by atoms with Gasteiger partial charge in [-0.3, -0.25) is 14.5 Å². The predicted octanol–water partition coefficient (Wildman–Crippen LogP) is -0.0751. The first-order chi connectivity index (χ1) is 11.1. The van der Waals surface area contributed by atoms with Gasteiger partial charge in [-0.2, -0.15) is 0 Å². The lowest BCUT2D eigenvalue weighted by atomic mass is 10.2. The summed E-state index contributed by atoms with van der Waals surface area (Å²) in [6.07, 6.45) is 3.91. The zero-order chi connectivity index (χ0) is 16.2. The Morgan fingerprint density at radius 2 is 1.78 bits per heavy atom. The Labute approximate surface area is 136 Å². The smallest absolute Gasteiger partial charge is 0.252 e. The third-order valence-electron chi connectivity index (χ3n) is 4.54. The highest BCUT2D eigenvalue weighted by molar-refractivity contribution is 5.97. The second-order valence-corrected chi connectivity index (χ2v) is 6.09. The molecule has 0 bridgehead atoms. The molecule has 3 rings (SSSR count). The number of nitrogens with two attached hydrogens (primary N) is 1. The van der Waals surface area contributed by atoms with Crippen LogP contribution in [0.4, 0.5) is 5.82 Å². The van der Waals surface area contributed by atoms with Gasteiger partial charge in [0.1, 0.15) is 5.82 Å². The number of amides is 2. The summed E-state index contributed by atoms with van der Waals surface area (Å²) in [6, 6.07) is 3.42. The number of pyridine rings is 1. The minimum atomic E-state index is -0.459. The average molecular weight is 317 g/mol. The summed E-state index contributed by atoms with van der Waals surface area (Å²) in [7, 11) is 0. The van der Waals surface area contributed by atoms with E-state index in [0.29, 0.717) is 17.9 Å². The number of carbonyl (C=O) groups excluding carboxylic acids is 2. The van der Waals surface area contributed by atoms with Crippen LogP contribution in [0.3, 0.4) is 0 Å². The molecule has 2 saturated heterocycles. The molecule has 124 valence electrons. The minimum Gasteiger partial charge on any atom is -0.365 e. The fraction of sp³-hybridized carbons (Fsp3) is 0.562. The maximum absolute atomic E-state index is 12.2. The van der Waals surface area contributed by atoms with Crippen molar-refractivity contribution in [1.82, 2.24) is 14.8 Å². The topological polar surface area (TPSA) is 82.8 Å². The lowest BCUT2D eigenvalue weighted by Gasteiger charge is -2.36. The monoisotopic (exact) mass is 317 g/mol. The molecule has 1 aromatic heterocycles. The highest BCUT2D eigenvalue weighted by Crippen LogP contribution is 2.18. The van der Waals surface area contributed by atoms with E-state index in [9.17, 15) is 9.59 Å². The van der Waals surface area contributed by atoms with Crippen LogP contribution in [0.2, 0.25) is 0 Å². The van der Waals surface area contributed by atoms with E-state index in [1.165, 1.54) is 0 Å². The van der Waals surface area contributed by atoms with Gasteiger partial charge in [0.2, 0.25) is 5.91 Å². The molecule has 3 heterocycles. The van der Waals surface area contributed by atoms with Crippen LogP contribution >= 0.6 is 0 Å². The summed E-state index contributed by atoms with van der Waals surface area (Å²) in [6.45, 7) is 5.33. The molecule has 7 nitrogen and oxygen atoms in total. The van der Waals surface area contributed by atoms with Gasteiger partial charge in [-0.05, 0) is 25.0 Å². The van der Waals surface area contributed by atoms with E-state index >= 15 is 0 Å². The fourth-order valence-electron chi connectivity index (χ4n) is 3.22. The molecule has 2 aliphatic heterocycles. The molecule has 0 aromatic carbocycles. The fourth-order valence-corrected chi connectivity index (χ4v) is 3.22. The van der Waals surface area contributed by atoms with Crippen molar-refractivity contribution in [3.05, 3.63) is 23.9 Å². The zero-order valence-electron chi connectivity index (χ0n) is 13.3. The molecule has 0 unspecified atom stereocenters. The predicted molar refractivity (Wildman–Crippen MR) is 87.2 cm³/mol. The SMILES string of the molecule is NC(=O)c1cccnc1N1CCN(CC(=O)N2CCCC2)CC1. The normalized spacial score (nSPS) is 19.1. The number of hydrogen-bond donors (Lipinski definition) is 1. The molecule has 7 heteroatoms. The standard InChI is InChI=1S/C16H23N5O2/c17-15(23)13-4-3-5-18-16(13)21-10-8-19(9-11-21)12-14(22)20-6-1-2-7-20/h3-5H,1-2,6-12H2,(H2,17,23). The number of primary amides is 1. The molecular formula is C16H23N5O2. The summed E-state index contributed by atoms with van der Waals surface area (Å²) in [4.78, 5) is 34.2. The van der Waals surface area contributed by atoms with Crippen molar-refractivity contribution >= 4 is 17.6 Å². The lowest BCUT2D eigenvalue weighted by molar-refractivity contribution is -0.131. The Bertz CT molecular complexity index is 578. The number of aromatic nitrogens is 1. The van der Waals surface area contributed by atoms with Gasteiger partial charge in [0, 0.05) is 45.5 Å². The zero-order valence-corrected chi connectivity index (χ0v) is 13.3. The van der Waals surface area contributed by atoms with Crippen molar-refractivity contribution in [2.24, 2.45) is 5.73 Å². The van der Waals surface area contributed by atoms with E-state index in [1.807, 2.05) is 4.90 Å². The Morgan fingerprint density at radius 1 is 1.09 bits per heavy atom. The molecular weight excluding hydrogens is 294 g/mol. The largest absolute Gasteiger partial charge is 0.365 e. The molecule has 0 radical (unpaired) electrons. The number of carbonyl (C=O) groups is 2. The molecule has 0 atom stereocenters. The van der Waals surface area contributed by atoms with Crippen molar-refractivity contribution in [3.63, 3.8) is 0 Å². The Kier molecular flexibility index (Phi) is 4.76. The highest BCUT2D eigenvalue weighted by Gasteiger charge is 2.25.